The molecule has 8 heteroatoms. The van der Waals surface area contributed by atoms with Crippen molar-refractivity contribution in [3.8, 4) is 0 Å². The predicted octanol–water partition coefficient (Wildman–Crippen LogP) is 2.10. The minimum atomic E-state index is -3.37. The number of hydrogen-bond donors (Lipinski definition) is 2. The van der Waals surface area contributed by atoms with E-state index in [2.05, 4.69) is 16.8 Å². The van der Waals surface area contributed by atoms with Crippen LogP contribution in [-0.2, 0) is 10.2 Å². The molecule has 2 aliphatic rings. The molecule has 0 unspecified atom stereocenters. The SMILES string of the molecule is Cc1[nH]c2ccccc2c1[C@@H](O)CN1CCN(S(=O)(=O)N2CCC(C)CC2)CC1. The van der Waals surface area contributed by atoms with Crippen LogP contribution in [0.4, 0.5) is 0 Å². The maximum Gasteiger partial charge on any atom is 0.282 e. The Balaban J connectivity index is 1.37. The smallest absolute Gasteiger partial charge is 0.282 e. The van der Waals surface area contributed by atoms with E-state index in [0.29, 0.717) is 51.7 Å². The van der Waals surface area contributed by atoms with Crippen molar-refractivity contribution < 1.29 is 13.5 Å². The molecule has 0 saturated carbocycles. The fourth-order valence-corrected chi connectivity index (χ4v) is 6.21. The number of fused-ring (bicyclic) bond motifs is 1. The lowest BCUT2D eigenvalue weighted by molar-refractivity contribution is 0.0907. The zero-order valence-electron chi connectivity index (χ0n) is 17.3. The number of aromatic amines is 1. The average molecular weight is 421 g/mol. The third-order valence-corrected chi connectivity index (χ3v) is 8.47. The second-order valence-electron chi connectivity index (χ2n) is 8.51. The van der Waals surface area contributed by atoms with E-state index in [1.807, 2.05) is 31.2 Å². The Labute approximate surface area is 173 Å². The minimum absolute atomic E-state index is 0.480. The van der Waals surface area contributed by atoms with Gasteiger partial charge in [0.15, 0.2) is 0 Å². The fraction of sp³-hybridized carbons (Fsp3) is 0.619. The molecule has 0 spiro atoms. The number of aryl methyl sites for hydroxylation is 1. The third kappa shape index (κ3) is 4.22. The number of para-hydroxylation sites is 1. The first-order valence-corrected chi connectivity index (χ1v) is 12.0. The summed E-state index contributed by atoms with van der Waals surface area (Å²) in [5, 5.41) is 11.9. The number of aromatic nitrogens is 1. The van der Waals surface area contributed by atoms with Crippen LogP contribution in [0, 0.1) is 12.8 Å². The highest BCUT2D eigenvalue weighted by Gasteiger charge is 2.34. The molecule has 0 amide bonds. The predicted molar refractivity (Wildman–Crippen MR) is 115 cm³/mol. The van der Waals surface area contributed by atoms with Gasteiger partial charge < -0.3 is 10.1 Å². The molecular weight excluding hydrogens is 388 g/mol. The van der Waals surface area contributed by atoms with Crippen molar-refractivity contribution >= 4 is 21.1 Å². The van der Waals surface area contributed by atoms with Crippen molar-refractivity contribution in [2.45, 2.75) is 32.8 Å². The molecule has 29 heavy (non-hydrogen) atoms. The lowest BCUT2D eigenvalue weighted by Gasteiger charge is -2.39. The average Bonchev–Trinajstić information content (AvgIpc) is 3.04. The number of nitrogens with one attached hydrogen (secondary N) is 1. The van der Waals surface area contributed by atoms with Crippen LogP contribution < -0.4 is 0 Å². The van der Waals surface area contributed by atoms with Crippen molar-refractivity contribution in [3.63, 3.8) is 0 Å². The molecule has 2 aromatic rings. The van der Waals surface area contributed by atoms with Gasteiger partial charge in [0.2, 0.25) is 0 Å². The summed E-state index contributed by atoms with van der Waals surface area (Å²) in [4.78, 5) is 5.50. The molecule has 2 fully saturated rings. The fourth-order valence-electron chi connectivity index (χ4n) is 4.59. The van der Waals surface area contributed by atoms with E-state index in [1.165, 1.54) is 0 Å². The van der Waals surface area contributed by atoms with E-state index < -0.39 is 16.3 Å². The Hall–Kier alpha value is -1.45. The third-order valence-electron chi connectivity index (χ3n) is 6.43. The molecule has 0 bridgehead atoms. The Morgan fingerprint density at radius 3 is 2.38 bits per heavy atom. The number of aliphatic hydroxyl groups excluding tert-OH is 1. The van der Waals surface area contributed by atoms with Crippen LogP contribution in [0.5, 0.6) is 0 Å². The number of piperazine rings is 1. The van der Waals surface area contributed by atoms with Gasteiger partial charge in [-0.3, -0.25) is 4.90 Å². The molecular formula is C21H32N4O3S. The van der Waals surface area contributed by atoms with Crippen LogP contribution in [0.15, 0.2) is 24.3 Å². The Morgan fingerprint density at radius 2 is 1.69 bits per heavy atom. The number of H-pyrrole nitrogens is 1. The number of benzene rings is 1. The van der Waals surface area contributed by atoms with Crippen molar-refractivity contribution in [2.75, 3.05) is 45.8 Å². The second kappa shape index (κ2) is 8.35. The molecule has 1 atom stereocenters. The van der Waals surface area contributed by atoms with E-state index >= 15 is 0 Å². The second-order valence-corrected chi connectivity index (χ2v) is 10.4. The van der Waals surface area contributed by atoms with E-state index in [0.717, 1.165) is 35.0 Å². The van der Waals surface area contributed by atoms with E-state index in [1.54, 1.807) is 8.61 Å². The van der Waals surface area contributed by atoms with Gasteiger partial charge in [0.05, 0.1) is 6.10 Å². The number of piperidine rings is 1. The normalized spacial score (nSPS) is 22.3. The van der Waals surface area contributed by atoms with Crippen LogP contribution in [0.1, 0.15) is 37.1 Å². The molecule has 0 aliphatic carbocycles. The van der Waals surface area contributed by atoms with Crippen molar-refractivity contribution in [1.82, 2.24) is 18.5 Å². The highest BCUT2D eigenvalue weighted by Crippen LogP contribution is 2.29. The topological polar surface area (TPSA) is 79.9 Å². The van der Waals surface area contributed by atoms with Crippen LogP contribution in [-0.4, -0.2) is 77.8 Å². The van der Waals surface area contributed by atoms with Gasteiger partial charge >= 0.3 is 0 Å². The number of rotatable bonds is 5. The maximum atomic E-state index is 12.9. The van der Waals surface area contributed by atoms with E-state index in [4.69, 9.17) is 0 Å². The largest absolute Gasteiger partial charge is 0.387 e. The quantitative estimate of drug-likeness (QED) is 0.776. The molecule has 160 valence electrons. The zero-order chi connectivity index (χ0) is 20.6. The molecule has 1 aromatic carbocycles. The molecule has 1 aromatic heterocycles. The highest BCUT2D eigenvalue weighted by atomic mass is 32.2. The molecule has 4 rings (SSSR count). The number of β-amino-alcohol motifs (C(OH)–C–C–N with tert-alkyl or cyclic N) is 1. The summed E-state index contributed by atoms with van der Waals surface area (Å²) < 4.78 is 29.1. The summed E-state index contributed by atoms with van der Waals surface area (Å²) in [6.07, 6.45) is 1.28. The summed E-state index contributed by atoms with van der Waals surface area (Å²) in [5.74, 6) is 0.604. The molecule has 2 N–H and O–H groups in total. The molecule has 2 saturated heterocycles. The minimum Gasteiger partial charge on any atom is -0.387 e. The van der Waals surface area contributed by atoms with Gasteiger partial charge in [0, 0.05) is 68.0 Å². The lowest BCUT2D eigenvalue weighted by Crippen LogP contribution is -2.54. The summed E-state index contributed by atoms with van der Waals surface area (Å²) >= 11 is 0. The van der Waals surface area contributed by atoms with Gasteiger partial charge in [0.25, 0.3) is 10.2 Å². The zero-order valence-corrected chi connectivity index (χ0v) is 18.2. The van der Waals surface area contributed by atoms with E-state index in [9.17, 15) is 13.5 Å². The molecule has 2 aliphatic heterocycles. The monoisotopic (exact) mass is 420 g/mol. The maximum absolute atomic E-state index is 12.9. The van der Waals surface area contributed by atoms with Gasteiger partial charge in [-0.05, 0) is 31.7 Å². The lowest BCUT2D eigenvalue weighted by atomic mass is 10.0. The van der Waals surface area contributed by atoms with Crippen molar-refractivity contribution in [1.29, 1.82) is 0 Å². The Kier molecular flexibility index (Phi) is 5.99. The summed E-state index contributed by atoms with van der Waals surface area (Å²) in [6.45, 7) is 8.18. The number of aliphatic hydroxyl groups is 1. The molecule has 7 nitrogen and oxygen atoms in total. The Bertz CT molecular complexity index is 942. The van der Waals surface area contributed by atoms with Crippen LogP contribution in [0.3, 0.4) is 0 Å². The van der Waals surface area contributed by atoms with Crippen LogP contribution in [0.2, 0.25) is 0 Å². The molecule has 3 heterocycles. The van der Waals surface area contributed by atoms with Crippen LogP contribution >= 0.6 is 0 Å². The first kappa shape index (κ1) is 20.8. The van der Waals surface area contributed by atoms with Gasteiger partial charge in [0.1, 0.15) is 0 Å². The Morgan fingerprint density at radius 1 is 1.07 bits per heavy atom. The first-order chi connectivity index (χ1) is 13.9. The summed E-state index contributed by atoms with van der Waals surface area (Å²) in [7, 11) is -3.37. The van der Waals surface area contributed by atoms with Gasteiger partial charge in [-0.1, -0.05) is 25.1 Å². The van der Waals surface area contributed by atoms with E-state index in [-0.39, 0.29) is 0 Å². The molecule has 0 radical (unpaired) electrons. The van der Waals surface area contributed by atoms with Gasteiger partial charge in [-0.25, -0.2) is 0 Å². The summed E-state index contributed by atoms with van der Waals surface area (Å²) in [5.41, 5.74) is 2.96. The first-order valence-electron chi connectivity index (χ1n) is 10.6. The van der Waals surface area contributed by atoms with Crippen LogP contribution in [0.25, 0.3) is 10.9 Å². The number of nitrogens with zero attached hydrogens (tertiary/aromatic N) is 3. The highest BCUT2D eigenvalue weighted by molar-refractivity contribution is 7.86. The van der Waals surface area contributed by atoms with Gasteiger partial charge in [-0.2, -0.15) is 17.0 Å². The van der Waals surface area contributed by atoms with Crippen molar-refractivity contribution in [2.24, 2.45) is 5.92 Å². The number of hydrogen-bond acceptors (Lipinski definition) is 4. The summed E-state index contributed by atoms with van der Waals surface area (Å²) in [6, 6.07) is 8.01. The van der Waals surface area contributed by atoms with Crippen molar-refractivity contribution in [3.05, 3.63) is 35.5 Å². The van der Waals surface area contributed by atoms with Gasteiger partial charge in [-0.15, -0.1) is 0 Å². The standard InChI is InChI=1S/C21H32N4O3S/c1-16-7-9-24(10-8-16)29(27,28)25-13-11-23(12-14-25)15-20(26)21-17(2)22-19-6-4-3-5-18(19)21/h3-6,16,20,22,26H,7-15H2,1-2H3/t20-/m0/s1.